The molecule has 122 valence electrons. The monoisotopic (exact) mass is 300 g/mol. The average molecular weight is 300 g/mol. The zero-order valence-corrected chi connectivity index (χ0v) is 14.4. The summed E-state index contributed by atoms with van der Waals surface area (Å²) in [6, 6.07) is 0. The predicted octanol–water partition coefficient (Wildman–Crippen LogP) is 5.35. The molecule has 1 nitrogen and oxygen atoms in total. The Bertz CT molecular complexity index is 502. The Balaban J connectivity index is 1.40. The molecule has 7 atom stereocenters. The lowest BCUT2D eigenvalue weighted by Gasteiger charge is -2.55. The average Bonchev–Trinajstić information content (AvgIpc) is 3.17. The quantitative estimate of drug-likeness (QED) is 0.434. The van der Waals surface area contributed by atoms with Crippen LogP contribution in [0.25, 0.3) is 0 Å². The van der Waals surface area contributed by atoms with Gasteiger partial charge in [0.2, 0.25) is 0 Å². The van der Waals surface area contributed by atoms with Crippen molar-refractivity contribution in [1.29, 1.82) is 0 Å². The molecule has 1 aliphatic heterocycles. The molecular formula is C21H32O. The van der Waals surface area contributed by atoms with E-state index < -0.39 is 0 Å². The van der Waals surface area contributed by atoms with Gasteiger partial charge < -0.3 is 4.74 Å². The van der Waals surface area contributed by atoms with Crippen LogP contribution in [0.5, 0.6) is 0 Å². The van der Waals surface area contributed by atoms with Gasteiger partial charge in [0, 0.05) is 0 Å². The fraction of sp³-hybridized carbons (Fsp3) is 0.905. The van der Waals surface area contributed by atoms with Crippen molar-refractivity contribution < 1.29 is 4.74 Å². The molecule has 0 radical (unpaired) electrons. The number of hydrogen-bond acceptors (Lipinski definition) is 1. The van der Waals surface area contributed by atoms with Crippen molar-refractivity contribution >= 4 is 0 Å². The number of fused-ring (bicyclic) bond motifs is 5. The summed E-state index contributed by atoms with van der Waals surface area (Å²) < 4.78 is 5.83. The molecule has 1 heteroatoms. The van der Waals surface area contributed by atoms with Gasteiger partial charge in [-0.25, -0.2) is 0 Å². The highest BCUT2D eigenvalue weighted by atomic mass is 16.6. The first-order valence-corrected chi connectivity index (χ1v) is 9.95. The molecule has 0 aromatic carbocycles. The smallest absolute Gasteiger partial charge is 0.0919 e. The maximum Gasteiger partial charge on any atom is 0.0919 e. The van der Waals surface area contributed by atoms with Gasteiger partial charge in [-0.2, -0.15) is 0 Å². The van der Waals surface area contributed by atoms with E-state index in [1.54, 1.807) is 5.57 Å². The van der Waals surface area contributed by atoms with E-state index in [-0.39, 0.29) is 0 Å². The minimum Gasteiger partial charge on any atom is -0.370 e. The lowest BCUT2D eigenvalue weighted by Crippen LogP contribution is -2.48. The Morgan fingerprint density at radius 1 is 1.00 bits per heavy atom. The van der Waals surface area contributed by atoms with Crippen LogP contribution in [-0.4, -0.2) is 12.2 Å². The molecular weight excluding hydrogens is 268 g/mol. The molecule has 5 rings (SSSR count). The highest BCUT2D eigenvalue weighted by Crippen LogP contribution is 2.65. The molecule has 4 saturated carbocycles. The second-order valence-corrected chi connectivity index (χ2v) is 9.46. The molecule has 0 aromatic heterocycles. The third-order valence-corrected chi connectivity index (χ3v) is 8.84. The lowest BCUT2D eigenvalue weighted by atomic mass is 9.50. The Morgan fingerprint density at radius 3 is 2.59 bits per heavy atom. The summed E-state index contributed by atoms with van der Waals surface area (Å²) in [7, 11) is 0. The number of rotatable bonds is 0. The standard InChI is InChI=1S/C21H32O/c1-3-15-5-7-19-18-6-4-14-12-21(13-22-21)11-9-16(14)17(18)8-10-20(15,19)2/h3,14,16-19H,4-13H2,1-2H3/b15-3-. The van der Waals surface area contributed by atoms with E-state index in [4.69, 9.17) is 4.74 Å². The van der Waals surface area contributed by atoms with Crippen molar-refractivity contribution in [3.8, 4) is 0 Å². The summed E-state index contributed by atoms with van der Waals surface area (Å²) in [5.41, 5.74) is 2.74. The van der Waals surface area contributed by atoms with Crippen LogP contribution in [0.1, 0.15) is 71.6 Å². The SMILES string of the molecule is C/C=C1/CCC2C3CCC4CC5(CCC4C3CCC12C)CO5. The summed E-state index contributed by atoms with van der Waals surface area (Å²) >= 11 is 0. The molecule has 4 aliphatic carbocycles. The van der Waals surface area contributed by atoms with E-state index >= 15 is 0 Å². The first kappa shape index (κ1) is 14.1. The first-order chi connectivity index (χ1) is 10.7. The summed E-state index contributed by atoms with van der Waals surface area (Å²) in [5, 5.41) is 0. The Kier molecular flexibility index (Phi) is 2.96. The van der Waals surface area contributed by atoms with Gasteiger partial charge in [-0.3, -0.25) is 0 Å². The number of ether oxygens (including phenoxy) is 1. The fourth-order valence-corrected chi connectivity index (χ4v) is 7.63. The highest BCUT2D eigenvalue weighted by Gasteiger charge is 2.58. The number of hydrogen-bond donors (Lipinski definition) is 0. The molecule has 0 aromatic rings. The summed E-state index contributed by atoms with van der Waals surface area (Å²) in [5.74, 6) is 5.17. The van der Waals surface area contributed by atoms with E-state index in [1.807, 2.05) is 0 Å². The topological polar surface area (TPSA) is 12.5 Å². The van der Waals surface area contributed by atoms with Gasteiger partial charge in [0.1, 0.15) is 0 Å². The highest BCUT2D eigenvalue weighted by molar-refractivity contribution is 5.23. The van der Waals surface area contributed by atoms with E-state index in [2.05, 4.69) is 19.9 Å². The van der Waals surface area contributed by atoms with Crippen molar-refractivity contribution in [1.82, 2.24) is 0 Å². The van der Waals surface area contributed by atoms with Crippen LogP contribution in [0.4, 0.5) is 0 Å². The second-order valence-electron chi connectivity index (χ2n) is 9.46. The Labute approximate surface area is 135 Å². The molecule has 5 aliphatic rings. The summed E-state index contributed by atoms with van der Waals surface area (Å²) in [6.07, 6.45) is 15.6. The molecule has 0 bridgehead atoms. The zero-order valence-electron chi connectivity index (χ0n) is 14.4. The fourth-order valence-electron chi connectivity index (χ4n) is 7.63. The van der Waals surface area contributed by atoms with Crippen LogP contribution in [0, 0.1) is 35.0 Å². The van der Waals surface area contributed by atoms with Crippen molar-refractivity contribution in [3.63, 3.8) is 0 Å². The van der Waals surface area contributed by atoms with Crippen LogP contribution in [-0.2, 0) is 4.74 Å². The van der Waals surface area contributed by atoms with Crippen LogP contribution in [0.3, 0.4) is 0 Å². The Hall–Kier alpha value is -0.300. The van der Waals surface area contributed by atoms with Crippen molar-refractivity contribution in [2.75, 3.05) is 6.61 Å². The molecule has 1 saturated heterocycles. The van der Waals surface area contributed by atoms with E-state index in [1.165, 1.54) is 57.8 Å². The van der Waals surface area contributed by atoms with E-state index in [9.17, 15) is 0 Å². The van der Waals surface area contributed by atoms with Gasteiger partial charge in [0.05, 0.1) is 12.2 Å². The molecule has 0 amide bonds. The summed E-state index contributed by atoms with van der Waals surface area (Å²) in [4.78, 5) is 0. The van der Waals surface area contributed by atoms with Gasteiger partial charge in [0.15, 0.2) is 0 Å². The second kappa shape index (κ2) is 4.62. The van der Waals surface area contributed by atoms with Crippen molar-refractivity contribution in [2.45, 2.75) is 77.2 Å². The molecule has 7 unspecified atom stereocenters. The maximum atomic E-state index is 5.83. The molecule has 5 fully saturated rings. The Morgan fingerprint density at radius 2 is 1.82 bits per heavy atom. The van der Waals surface area contributed by atoms with Crippen LogP contribution in [0.2, 0.25) is 0 Å². The van der Waals surface area contributed by atoms with Gasteiger partial charge in [0.25, 0.3) is 0 Å². The van der Waals surface area contributed by atoms with Gasteiger partial charge in [-0.1, -0.05) is 18.6 Å². The van der Waals surface area contributed by atoms with Gasteiger partial charge in [-0.05, 0) is 99.7 Å². The van der Waals surface area contributed by atoms with Crippen LogP contribution in [0.15, 0.2) is 11.6 Å². The largest absolute Gasteiger partial charge is 0.370 e. The number of allylic oxidation sites excluding steroid dienone is 2. The zero-order chi connectivity index (χ0) is 14.9. The summed E-state index contributed by atoms with van der Waals surface area (Å²) in [6.45, 7) is 5.97. The molecule has 0 N–H and O–H groups in total. The third-order valence-electron chi connectivity index (χ3n) is 8.84. The third kappa shape index (κ3) is 1.81. The van der Waals surface area contributed by atoms with Crippen molar-refractivity contribution in [2.24, 2.45) is 35.0 Å². The molecule has 22 heavy (non-hydrogen) atoms. The number of epoxide rings is 1. The van der Waals surface area contributed by atoms with E-state index in [0.717, 1.165) is 36.2 Å². The predicted molar refractivity (Wildman–Crippen MR) is 89.6 cm³/mol. The molecule has 1 spiro atoms. The van der Waals surface area contributed by atoms with Gasteiger partial charge >= 0.3 is 0 Å². The van der Waals surface area contributed by atoms with Gasteiger partial charge in [-0.15, -0.1) is 0 Å². The lowest BCUT2D eigenvalue weighted by molar-refractivity contribution is -0.0518. The minimum absolute atomic E-state index is 0.378. The van der Waals surface area contributed by atoms with Crippen LogP contribution >= 0.6 is 0 Å². The van der Waals surface area contributed by atoms with E-state index in [0.29, 0.717) is 11.0 Å². The minimum atomic E-state index is 0.378. The first-order valence-electron chi connectivity index (χ1n) is 9.95. The van der Waals surface area contributed by atoms with Crippen LogP contribution < -0.4 is 0 Å². The van der Waals surface area contributed by atoms with Crippen molar-refractivity contribution in [3.05, 3.63) is 11.6 Å². The maximum absolute atomic E-state index is 5.83. The normalized spacial score (nSPS) is 58.3. The molecule has 1 heterocycles.